The minimum absolute atomic E-state index is 0.263. The molecule has 1 aliphatic rings. The molecule has 0 atom stereocenters. The van der Waals surface area contributed by atoms with Crippen LogP contribution in [0.25, 0.3) is 0 Å². The van der Waals surface area contributed by atoms with Crippen molar-refractivity contribution in [2.24, 2.45) is 12.0 Å². The molecule has 0 saturated heterocycles. The number of benzene rings is 1. The van der Waals surface area contributed by atoms with Crippen LogP contribution >= 0.6 is 0 Å². The lowest BCUT2D eigenvalue weighted by Gasteiger charge is -2.12. The molecule has 0 aliphatic carbocycles. The lowest BCUT2D eigenvalue weighted by molar-refractivity contribution is 0.173. The summed E-state index contributed by atoms with van der Waals surface area (Å²) in [7, 11) is 3.64. The standard InChI is InChI=1S/C16H21N5O3/c1-17-16(19-10-12-5-6-20-21(12)2)18-7-8-22-13-3-4-14-15(9-13)24-11-23-14/h3-6,9H,7-8,10-11H2,1-2H3,(H2,17,18,19). The van der Waals surface area contributed by atoms with Crippen molar-refractivity contribution in [3.8, 4) is 17.2 Å². The molecule has 1 aromatic carbocycles. The van der Waals surface area contributed by atoms with Crippen LogP contribution in [-0.4, -0.2) is 42.7 Å². The molecule has 0 bridgehead atoms. The van der Waals surface area contributed by atoms with Crippen molar-refractivity contribution in [1.82, 2.24) is 20.4 Å². The number of nitrogens with one attached hydrogen (secondary N) is 2. The molecule has 1 aliphatic heterocycles. The van der Waals surface area contributed by atoms with Gasteiger partial charge in [-0.25, -0.2) is 0 Å². The van der Waals surface area contributed by atoms with Gasteiger partial charge in [0.25, 0.3) is 0 Å². The summed E-state index contributed by atoms with van der Waals surface area (Å²) in [5.74, 6) is 2.93. The normalized spacial score (nSPS) is 13.0. The number of hydrogen-bond acceptors (Lipinski definition) is 5. The van der Waals surface area contributed by atoms with E-state index in [1.165, 1.54) is 0 Å². The molecule has 2 aromatic rings. The first-order valence-electron chi connectivity index (χ1n) is 7.70. The summed E-state index contributed by atoms with van der Waals surface area (Å²) in [5, 5.41) is 10.6. The molecule has 0 unspecified atom stereocenters. The van der Waals surface area contributed by atoms with Gasteiger partial charge in [-0.05, 0) is 18.2 Å². The largest absolute Gasteiger partial charge is 0.492 e. The zero-order valence-electron chi connectivity index (χ0n) is 13.8. The van der Waals surface area contributed by atoms with Crippen molar-refractivity contribution in [3.63, 3.8) is 0 Å². The second kappa shape index (κ2) is 7.58. The van der Waals surface area contributed by atoms with E-state index >= 15 is 0 Å². The molecule has 2 heterocycles. The van der Waals surface area contributed by atoms with E-state index in [9.17, 15) is 0 Å². The van der Waals surface area contributed by atoms with Crippen LogP contribution in [0.3, 0.4) is 0 Å². The Kier molecular flexibility index (Phi) is 5.05. The van der Waals surface area contributed by atoms with Crippen LogP contribution in [0.2, 0.25) is 0 Å². The van der Waals surface area contributed by atoms with Crippen LogP contribution < -0.4 is 24.8 Å². The quantitative estimate of drug-likeness (QED) is 0.465. The third-order valence-corrected chi connectivity index (χ3v) is 3.59. The fraction of sp³-hybridized carbons (Fsp3) is 0.375. The maximum atomic E-state index is 5.70. The number of ether oxygens (including phenoxy) is 3. The maximum absolute atomic E-state index is 5.70. The summed E-state index contributed by atoms with van der Waals surface area (Å²) < 4.78 is 18.1. The molecular formula is C16H21N5O3. The van der Waals surface area contributed by atoms with E-state index in [0.29, 0.717) is 31.4 Å². The Morgan fingerprint density at radius 1 is 1.29 bits per heavy atom. The number of fused-ring (bicyclic) bond motifs is 1. The van der Waals surface area contributed by atoms with E-state index in [-0.39, 0.29) is 6.79 Å². The monoisotopic (exact) mass is 331 g/mol. The van der Waals surface area contributed by atoms with Crippen molar-refractivity contribution < 1.29 is 14.2 Å². The highest BCUT2D eigenvalue weighted by atomic mass is 16.7. The minimum Gasteiger partial charge on any atom is -0.492 e. The van der Waals surface area contributed by atoms with Gasteiger partial charge in [-0.1, -0.05) is 0 Å². The van der Waals surface area contributed by atoms with Crippen LogP contribution in [0.5, 0.6) is 17.2 Å². The van der Waals surface area contributed by atoms with Gasteiger partial charge in [-0.15, -0.1) is 0 Å². The third kappa shape index (κ3) is 3.89. The van der Waals surface area contributed by atoms with Gasteiger partial charge in [0, 0.05) is 26.4 Å². The Morgan fingerprint density at radius 3 is 2.96 bits per heavy atom. The van der Waals surface area contributed by atoms with Gasteiger partial charge in [0.05, 0.1) is 18.8 Å². The average Bonchev–Trinajstić information content (AvgIpc) is 3.22. The molecule has 0 fully saturated rings. The van der Waals surface area contributed by atoms with Gasteiger partial charge in [0.15, 0.2) is 17.5 Å². The van der Waals surface area contributed by atoms with Crippen LogP contribution in [0, 0.1) is 0 Å². The summed E-state index contributed by atoms with van der Waals surface area (Å²) in [4.78, 5) is 4.18. The molecule has 8 nitrogen and oxygen atoms in total. The molecule has 128 valence electrons. The van der Waals surface area contributed by atoms with Gasteiger partial charge in [-0.2, -0.15) is 5.10 Å². The molecular weight excluding hydrogens is 310 g/mol. The van der Waals surface area contributed by atoms with Gasteiger partial charge in [0.1, 0.15) is 12.4 Å². The second-order valence-electron chi connectivity index (χ2n) is 5.16. The number of rotatable bonds is 6. The Labute approximate surface area is 140 Å². The molecule has 1 aromatic heterocycles. The number of guanidine groups is 1. The Morgan fingerprint density at radius 2 is 2.17 bits per heavy atom. The van der Waals surface area contributed by atoms with Crippen molar-refractivity contribution in [2.75, 3.05) is 27.0 Å². The van der Waals surface area contributed by atoms with Crippen molar-refractivity contribution in [1.29, 1.82) is 0 Å². The second-order valence-corrected chi connectivity index (χ2v) is 5.16. The first-order chi connectivity index (χ1) is 11.8. The fourth-order valence-electron chi connectivity index (χ4n) is 2.27. The van der Waals surface area contributed by atoms with E-state index in [1.807, 2.05) is 36.0 Å². The zero-order chi connectivity index (χ0) is 16.8. The molecule has 0 spiro atoms. The summed E-state index contributed by atoms with van der Waals surface area (Å²) >= 11 is 0. The van der Waals surface area contributed by atoms with Gasteiger partial charge in [0.2, 0.25) is 6.79 Å². The van der Waals surface area contributed by atoms with Crippen molar-refractivity contribution >= 4 is 5.96 Å². The molecule has 3 rings (SSSR count). The first kappa shape index (κ1) is 16.0. The van der Waals surface area contributed by atoms with Crippen LogP contribution in [-0.2, 0) is 13.6 Å². The minimum atomic E-state index is 0.263. The molecule has 8 heteroatoms. The maximum Gasteiger partial charge on any atom is 0.231 e. The summed E-state index contributed by atoms with van der Waals surface area (Å²) in [6.07, 6.45) is 1.77. The van der Waals surface area contributed by atoms with Crippen LogP contribution in [0.15, 0.2) is 35.5 Å². The number of hydrogen-bond donors (Lipinski definition) is 2. The highest BCUT2D eigenvalue weighted by Gasteiger charge is 2.13. The number of aryl methyl sites for hydroxylation is 1. The predicted molar refractivity (Wildman–Crippen MR) is 89.5 cm³/mol. The lowest BCUT2D eigenvalue weighted by atomic mass is 10.3. The van der Waals surface area contributed by atoms with Crippen LogP contribution in [0.1, 0.15) is 5.69 Å². The van der Waals surface area contributed by atoms with E-state index in [2.05, 4.69) is 20.7 Å². The predicted octanol–water partition coefficient (Wildman–Crippen LogP) is 0.893. The molecule has 24 heavy (non-hydrogen) atoms. The summed E-state index contributed by atoms with van der Waals surface area (Å²) in [6, 6.07) is 7.50. The van der Waals surface area contributed by atoms with E-state index < -0.39 is 0 Å². The molecule has 0 saturated carbocycles. The molecule has 0 amide bonds. The van der Waals surface area contributed by atoms with E-state index in [1.54, 1.807) is 13.2 Å². The summed E-state index contributed by atoms with van der Waals surface area (Å²) in [5.41, 5.74) is 1.08. The van der Waals surface area contributed by atoms with Crippen LogP contribution in [0.4, 0.5) is 0 Å². The first-order valence-corrected chi connectivity index (χ1v) is 7.70. The summed E-state index contributed by atoms with van der Waals surface area (Å²) in [6.45, 7) is 2.05. The molecule has 2 N–H and O–H groups in total. The number of nitrogens with zero attached hydrogens (tertiary/aromatic N) is 3. The lowest BCUT2D eigenvalue weighted by Crippen LogP contribution is -2.39. The van der Waals surface area contributed by atoms with E-state index in [4.69, 9.17) is 14.2 Å². The van der Waals surface area contributed by atoms with Gasteiger partial charge >= 0.3 is 0 Å². The highest BCUT2D eigenvalue weighted by molar-refractivity contribution is 5.79. The highest BCUT2D eigenvalue weighted by Crippen LogP contribution is 2.34. The average molecular weight is 331 g/mol. The van der Waals surface area contributed by atoms with Crippen molar-refractivity contribution in [2.45, 2.75) is 6.54 Å². The Hall–Kier alpha value is -2.90. The Bertz CT molecular complexity index is 713. The van der Waals surface area contributed by atoms with E-state index in [0.717, 1.165) is 17.2 Å². The van der Waals surface area contributed by atoms with Gasteiger partial charge in [-0.3, -0.25) is 9.67 Å². The fourth-order valence-corrected chi connectivity index (χ4v) is 2.27. The Balaban J connectivity index is 1.39. The third-order valence-electron chi connectivity index (χ3n) is 3.59. The topological polar surface area (TPSA) is 81.9 Å². The number of aromatic nitrogens is 2. The smallest absolute Gasteiger partial charge is 0.231 e. The molecule has 0 radical (unpaired) electrons. The zero-order valence-corrected chi connectivity index (χ0v) is 13.8. The van der Waals surface area contributed by atoms with Crippen molar-refractivity contribution in [3.05, 3.63) is 36.2 Å². The SMILES string of the molecule is CN=C(NCCOc1ccc2c(c1)OCO2)NCc1ccnn1C. The number of aliphatic imine (C=N–C) groups is 1. The van der Waals surface area contributed by atoms with Gasteiger partial charge < -0.3 is 24.8 Å².